The number of amides is 3. The van der Waals surface area contributed by atoms with E-state index >= 15 is 0 Å². The predicted octanol–water partition coefficient (Wildman–Crippen LogP) is 3.54. The zero-order valence-electron chi connectivity index (χ0n) is 16.7. The monoisotopic (exact) mass is 402 g/mol. The summed E-state index contributed by atoms with van der Waals surface area (Å²) in [7, 11) is 1.60. The number of carbonyl (C=O) groups excluding carboxylic acids is 3. The summed E-state index contributed by atoms with van der Waals surface area (Å²) in [6, 6.07) is 18.4. The summed E-state index contributed by atoms with van der Waals surface area (Å²) >= 11 is 0. The molecule has 0 spiro atoms. The highest BCUT2D eigenvalue weighted by Gasteiger charge is 2.32. The van der Waals surface area contributed by atoms with Crippen molar-refractivity contribution in [1.29, 1.82) is 0 Å². The molecule has 3 aromatic carbocycles. The number of benzene rings is 3. The molecule has 0 aliphatic carbocycles. The van der Waals surface area contributed by atoms with Gasteiger partial charge in [-0.3, -0.25) is 19.3 Å². The molecule has 0 fully saturated rings. The first-order valence-corrected chi connectivity index (χ1v) is 9.86. The SMILES string of the molecule is COc1ccc(CNC(=O)CCCN2C(=O)c3cccc4cccc(c34)C2=O)cc1. The molecular formula is C24H22N2O4. The lowest BCUT2D eigenvalue weighted by molar-refractivity contribution is -0.121. The normalized spacial score (nSPS) is 12.9. The fourth-order valence-corrected chi connectivity index (χ4v) is 3.71. The Hall–Kier alpha value is -3.67. The molecule has 30 heavy (non-hydrogen) atoms. The lowest BCUT2D eigenvalue weighted by Crippen LogP contribution is -2.41. The van der Waals surface area contributed by atoms with E-state index in [1.54, 1.807) is 19.2 Å². The highest BCUT2D eigenvalue weighted by atomic mass is 16.5. The van der Waals surface area contributed by atoms with Gasteiger partial charge in [0.1, 0.15) is 5.75 Å². The molecule has 3 aromatic rings. The van der Waals surface area contributed by atoms with E-state index in [1.807, 2.05) is 48.5 Å². The van der Waals surface area contributed by atoms with E-state index in [1.165, 1.54) is 4.90 Å². The summed E-state index contributed by atoms with van der Waals surface area (Å²) in [4.78, 5) is 39.1. The number of methoxy groups -OCH3 is 1. The van der Waals surface area contributed by atoms with Crippen LogP contribution in [-0.2, 0) is 11.3 Å². The number of carbonyl (C=O) groups is 3. The van der Waals surface area contributed by atoms with Crippen molar-refractivity contribution in [2.75, 3.05) is 13.7 Å². The average Bonchev–Trinajstić information content (AvgIpc) is 2.78. The van der Waals surface area contributed by atoms with Crippen LogP contribution in [0.1, 0.15) is 39.1 Å². The second-order valence-electron chi connectivity index (χ2n) is 7.20. The molecule has 0 saturated carbocycles. The number of hydrogen-bond donors (Lipinski definition) is 1. The van der Waals surface area contributed by atoms with Gasteiger partial charge >= 0.3 is 0 Å². The molecular weight excluding hydrogens is 380 g/mol. The Labute approximate surface area is 174 Å². The fraction of sp³-hybridized carbons (Fsp3) is 0.208. The van der Waals surface area contributed by atoms with Crippen LogP contribution in [0, 0.1) is 0 Å². The van der Waals surface area contributed by atoms with Crippen LogP contribution in [0.15, 0.2) is 60.7 Å². The number of hydrogen-bond acceptors (Lipinski definition) is 4. The first-order valence-electron chi connectivity index (χ1n) is 9.86. The van der Waals surface area contributed by atoms with Gasteiger partial charge in [-0.25, -0.2) is 0 Å². The van der Waals surface area contributed by atoms with Gasteiger partial charge in [-0.1, -0.05) is 36.4 Å². The molecule has 0 saturated heterocycles. The summed E-state index contributed by atoms with van der Waals surface area (Å²) < 4.78 is 5.12. The molecule has 4 rings (SSSR count). The van der Waals surface area contributed by atoms with Crippen molar-refractivity contribution in [1.82, 2.24) is 10.2 Å². The van der Waals surface area contributed by atoms with Gasteiger partial charge < -0.3 is 10.1 Å². The maximum atomic E-state index is 12.8. The number of nitrogens with one attached hydrogen (secondary N) is 1. The average molecular weight is 402 g/mol. The predicted molar refractivity (Wildman–Crippen MR) is 113 cm³/mol. The number of rotatable bonds is 7. The highest BCUT2D eigenvalue weighted by Crippen LogP contribution is 2.30. The quantitative estimate of drug-likeness (QED) is 0.614. The first kappa shape index (κ1) is 19.6. The third-order valence-corrected chi connectivity index (χ3v) is 5.29. The Morgan fingerprint density at radius 1 is 0.933 bits per heavy atom. The van der Waals surface area contributed by atoms with Crippen molar-refractivity contribution in [3.8, 4) is 5.75 Å². The summed E-state index contributed by atoms with van der Waals surface area (Å²) in [6.45, 7) is 0.623. The summed E-state index contributed by atoms with van der Waals surface area (Å²) in [5, 5.41) is 4.45. The van der Waals surface area contributed by atoms with Crippen LogP contribution in [0.3, 0.4) is 0 Å². The van der Waals surface area contributed by atoms with Gasteiger partial charge in [0, 0.05) is 36.0 Å². The van der Waals surface area contributed by atoms with E-state index < -0.39 is 0 Å². The van der Waals surface area contributed by atoms with E-state index in [4.69, 9.17) is 4.74 Å². The maximum Gasteiger partial charge on any atom is 0.261 e. The van der Waals surface area contributed by atoms with Crippen LogP contribution < -0.4 is 10.1 Å². The molecule has 152 valence electrons. The lowest BCUT2D eigenvalue weighted by Gasteiger charge is -2.27. The summed E-state index contributed by atoms with van der Waals surface area (Å²) in [5.41, 5.74) is 2.04. The summed E-state index contributed by atoms with van der Waals surface area (Å²) in [6.07, 6.45) is 0.642. The van der Waals surface area contributed by atoms with Crippen molar-refractivity contribution in [3.05, 3.63) is 77.4 Å². The number of ether oxygens (including phenoxy) is 1. The van der Waals surface area contributed by atoms with Crippen LogP contribution >= 0.6 is 0 Å². The van der Waals surface area contributed by atoms with Crippen LogP contribution in [0.4, 0.5) is 0 Å². The lowest BCUT2D eigenvalue weighted by atomic mass is 9.94. The van der Waals surface area contributed by atoms with Gasteiger partial charge in [0.25, 0.3) is 11.8 Å². The van der Waals surface area contributed by atoms with Crippen molar-refractivity contribution < 1.29 is 19.1 Å². The van der Waals surface area contributed by atoms with E-state index in [0.29, 0.717) is 29.5 Å². The molecule has 6 heteroatoms. The van der Waals surface area contributed by atoms with E-state index in [2.05, 4.69) is 5.32 Å². The Bertz CT molecular complexity index is 1070. The van der Waals surface area contributed by atoms with Crippen molar-refractivity contribution in [3.63, 3.8) is 0 Å². The van der Waals surface area contributed by atoms with Gasteiger partial charge in [-0.05, 0) is 41.6 Å². The number of imide groups is 1. The van der Waals surface area contributed by atoms with Gasteiger partial charge in [0.15, 0.2) is 0 Å². The zero-order chi connectivity index (χ0) is 21.1. The minimum Gasteiger partial charge on any atom is -0.497 e. The Morgan fingerprint density at radius 2 is 1.57 bits per heavy atom. The second-order valence-corrected chi connectivity index (χ2v) is 7.20. The molecule has 1 aliphatic heterocycles. The Morgan fingerprint density at radius 3 is 2.17 bits per heavy atom. The Balaban J connectivity index is 1.34. The van der Waals surface area contributed by atoms with Gasteiger partial charge in [0.05, 0.1) is 7.11 Å². The van der Waals surface area contributed by atoms with Gasteiger partial charge in [0.2, 0.25) is 5.91 Å². The van der Waals surface area contributed by atoms with E-state index in [0.717, 1.165) is 16.7 Å². The third-order valence-electron chi connectivity index (χ3n) is 5.29. The zero-order valence-corrected chi connectivity index (χ0v) is 16.7. The van der Waals surface area contributed by atoms with Crippen LogP contribution in [0.25, 0.3) is 10.8 Å². The molecule has 0 atom stereocenters. The molecule has 0 bridgehead atoms. The van der Waals surface area contributed by atoms with Crippen molar-refractivity contribution in [2.24, 2.45) is 0 Å². The highest BCUT2D eigenvalue weighted by molar-refractivity contribution is 6.25. The fourth-order valence-electron chi connectivity index (χ4n) is 3.71. The standard InChI is InChI=1S/C24H22N2O4/c1-30-18-12-10-16(11-13-18)15-25-21(27)9-4-14-26-23(28)19-7-2-5-17-6-3-8-20(22(17)19)24(26)29/h2-3,5-8,10-13H,4,9,14-15H2,1H3,(H,25,27). The van der Waals surface area contributed by atoms with Crippen LogP contribution in [0.5, 0.6) is 5.75 Å². The first-order chi connectivity index (χ1) is 14.6. The van der Waals surface area contributed by atoms with E-state index in [9.17, 15) is 14.4 Å². The van der Waals surface area contributed by atoms with Gasteiger partial charge in [-0.15, -0.1) is 0 Å². The molecule has 6 nitrogen and oxygen atoms in total. The molecule has 1 aliphatic rings. The molecule has 1 N–H and O–H groups in total. The third kappa shape index (κ3) is 3.76. The smallest absolute Gasteiger partial charge is 0.261 e. The largest absolute Gasteiger partial charge is 0.497 e. The van der Waals surface area contributed by atoms with Gasteiger partial charge in [-0.2, -0.15) is 0 Å². The topological polar surface area (TPSA) is 75.7 Å². The second kappa shape index (κ2) is 8.37. The van der Waals surface area contributed by atoms with Crippen LogP contribution in [0.2, 0.25) is 0 Å². The molecule has 0 radical (unpaired) electrons. The minimum atomic E-state index is -0.303. The van der Waals surface area contributed by atoms with Crippen molar-refractivity contribution in [2.45, 2.75) is 19.4 Å². The van der Waals surface area contributed by atoms with Crippen molar-refractivity contribution >= 4 is 28.5 Å². The minimum absolute atomic E-state index is 0.120. The molecule has 1 heterocycles. The Kier molecular flexibility index (Phi) is 5.48. The van der Waals surface area contributed by atoms with E-state index in [-0.39, 0.29) is 30.7 Å². The number of nitrogens with zero attached hydrogens (tertiary/aromatic N) is 1. The summed E-state index contributed by atoms with van der Waals surface area (Å²) in [5.74, 6) is 0.0364. The van der Waals surface area contributed by atoms with Crippen LogP contribution in [-0.4, -0.2) is 36.3 Å². The molecule has 0 aromatic heterocycles. The maximum absolute atomic E-state index is 12.8. The molecule has 0 unspecified atom stereocenters. The molecule has 3 amide bonds.